The first-order valence-electron chi connectivity index (χ1n) is 9.26. The van der Waals surface area contributed by atoms with Crippen LogP contribution in [0.3, 0.4) is 0 Å². The van der Waals surface area contributed by atoms with Gasteiger partial charge in [0, 0.05) is 37.3 Å². The van der Waals surface area contributed by atoms with E-state index in [1.54, 1.807) is 12.1 Å². The predicted molar refractivity (Wildman–Crippen MR) is 114 cm³/mol. The molecule has 0 saturated carbocycles. The summed E-state index contributed by atoms with van der Waals surface area (Å²) in [7, 11) is 0. The van der Waals surface area contributed by atoms with Crippen LogP contribution in [0.1, 0.15) is 22.3 Å². The zero-order chi connectivity index (χ0) is 19.5. The van der Waals surface area contributed by atoms with Crippen molar-refractivity contribution in [1.29, 1.82) is 0 Å². The minimum absolute atomic E-state index is 0.190. The monoisotopic (exact) mass is 390 g/mol. The standard InChI is InChI=1S/C23H22N2O2S/c26-21-11-12-22(27)20-16-25(14-18-9-5-2-6-10-18)23(28)24(15-19(20)21)13-17-7-3-1-4-8-17/h1-12,26-27H,13-16H2. The molecular weight excluding hydrogens is 368 g/mol. The number of phenols is 2. The molecule has 0 bridgehead atoms. The molecule has 5 heteroatoms. The van der Waals surface area contributed by atoms with Gasteiger partial charge in [-0.25, -0.2) is 0 Å². The fourth-order valence-electron chi connectivity index (χ4n) is 3.59. The highest BCUT2D eigenvalue weighted by Gasteiger charge is 2.27. The van der Waals surface area contributed by atoms with Gasteiger partial charge in [0.1, 0.15) is 11.5 Å². The number of nitrogens with zero attached hydrogens (tertiary/aromatic N) is 2. The van der Waals surface area contributed by atoms with Crippen LogP contribution < -0.4 is 0 Å². The van der Waals surface area contributed by atoms with E-state index in [-0.39, 0.29) is 11.5 Å². The van der Waals surface area contributed by atoms with Gasteiger partial charge in [-0.15, -0.1) is 0 Å². The summed E-state index contributed by atoms with van der Waals surface area (Å²) >= 11 is 5.86. The number of hydrogen-bond donors (Lipinski definition) is 2. The normalized spacial score (nSPS) is 13.9. The van der Waals surface area contributed by atoms with Crippen molar-refractivity contribution in [2.24, 2.45) is 0 Å². The SMILES string of the molecule is Oc1ccc(O)c2c1CN(Cc1ccccc1)C(=S)N(Cc1ccccc1)C2. The van der Waals surface area contributed by atoms with Crippen LogP contribution in [0.2, 0.25) is 0 Å². The third-order valence-electron chi connectivity index (χ3n) is 5.05. The summed E-state index contributed by atoms with van der Waals surface area (Å²) in [5.41, 5.74) is 3.75. The van der Waals surface area contributed by atoms with Gasteiger partial charge in [-0.05, 0) is 35.5 Å². The lowest BCUT2D eigenvalue weighted by Gasteiger charge is -2.31. The summed E-state index contributed by atoms with van der Waals surface area (Å²) in [6.07, 6.45) is 0. The number of thiocarbonyl (C=S) groups is 1. The lowest BCUT2D eigenvalue weighted by Crippen LogP contribution is -2.39. The second kappa shape index (κ2) is 7.90. The van der Waals surface area contributed by atoms with E-state index in [9.17, 15) is 10.2 Å². The van der Waals surface area contributed by atoms with Crippen LogP contribution in [0.25, 0.3) is 0 Å². The summed E-state index contributed by atoms with van der Waals surface area (Å²) in [5, 5.41) is 21.6. The van der Waals surface area contributed by atoms with Crippen molar-refractivity contribution in [3.8, 4) is 11.5 Å². The van der Waals surface area contributed by atoms with Crippen molar-refractivity contribution >= 4 is 17.3 Å². The lowest BCUT2D eigenvalue weighted by atomic mass is 10.0. The van der Waals surface area contributed by atoms with Crippen molar-refractivity contribution in [1.82, 2.24) is 9.80 Å². The van der Waals surface area contributed by atoms with E-state index < -0.39 is 0 Å². The van der Waals surface area contributed by atoms with Crippen molar-refractivity contribution in [2.75, 3.05) is 0 Å². The lowest BCUT2D eigenvalue weighted by molar-refractivity contribution is 0.321. The van der Waals surface area contributed by atoms with E-state index in [1.807, 2.05) is 36.4 Å². The molecule has 4 rings (SSSR count). The van der Waals surface area contributed by atoms with Crippen molar-refractivity contribution < 1.29 is 10.2 Å². The molecule has 0 fully saturated rings. The number of fused-ring (bicyclic) bond motifs is 1. The van der Waals surface area contributed by atoms with Gasteiger partial charge in [-0.2, -0.15) is 0 Å². The van der Waals surface area contributed by atoms with Gasteiger partial charge in [0.15, 0.2) is 5.11 Å². The molecule has 1 aliphatic heterocycles. The van der Waals surface area contributed by atoms with E-state index >= 15 is 0 Å². The van der Waals surface area contributed by atoms with Gasteiger partial charge in [0.05, 0.1) is 0 Å². The number of aromatic hydroxyl groups is 2. The maximum Gasteiger partial charge on any atom is 0.172 e. The second-order valence-electron chi connectivity index (χ2n) is 7.03. The van der Waals surface area contributed by atoms with Crippen LogP contribution in [0.4, 0.5) is 0 Å². The molecule has 0 saturated heterocycles. The number of phenolic OH excluding ortho intramolecular Hbond substituents is 2. The third kappa shape index (κ3) is 3.80. The quantitative estimate of drug-likeness (QED) is 0.511. The largest absolute Gasteiger partial charge is 0.508 e. The van der Waals surface area contributed by atoms with Crippen LogP contribution >= 0.6 is 12.2 Å². The molecule has 142 valence electrons. The van der Waals surface area contributed by atoms with E-state index in [1.165, 1.54) is 0 Å². The molecule has 0 radical (unpaired) electrons. The Hall–Kier alpha value is -3.05. The smallest absolute Gasteiger partial charge is 0.172 e. The highest BCUT2D eigenvalue weighted by molar-refractivity contribution is 7.80. The second-order valence-corrected chi connectivity index (χ2v) is 7.39. The van der Waals surface area contributed by atoms with E-state index in [0.717, 1.165) is 22.3 Å². The van der Waals surface area contributed by atoms with Crippen LogP contribution in [0, 0.1) is 0 Å². The molecule has 0 amide bonds. The van der Waals surface area contributed by atoms with Gasteiger partial charge in [-0.3, -0.25) is 0 Å². The van der Waals surface area contributed by atoms with E-state index in [2.05, 4.69) is 34.1 Å². The Kier molecular flexibility index (Phi) is 5.17. The zero-order valence-corrected chi connectivity index (χ0v) is 16.3. The van der Waals surface area contributed by atoms with Gasteiger partial charge in [0.2, 0.25) is 0 Å². The summed E-state index contributed by atoms with van der Waals surface area (Å²) < 4.78 is 0. The van der Waals surface area contributed by atoms with Gasteiger partial charge < -0.3 is 20.0 Å². The van der Waals surface area contributed by atoms with Gasteiger partial charge in [0.25, 0.3) is 0 Å². The van der Waals surface area contributed by atoms with Crippen LogP contribution in [0.5, 0.6) is 11.5 Å². The van der Waals surface area contributed by atoms with Crippen LogP contribution in [0.15, 0.2) is 72.8 Å². The van der Waals surface area contributed by atoms with Crippen LogP contribution in [-0.4, -0.2) is 25.1 Å². The molecule has 0 spiro atoms. The van der Waals surface area contributed by atoms with Crippen molar-refractivity contribution in [2.45, 2.75) is 26.2 Å². The molecule has 0 unspecified atom stereocenters. The maximum atomic E-state index is 10.5. The first kappa shape index (κ1) is 18.3. The highest BCUT2D eigenvalue weighted by Crippen LogP contribution is 2.34. The van der Waals surface area contributed by atoms with Gasteiger partial charge in [-0.1, -0.05) is 60.7 Å². The molecule has 3 aromatic rings. The molecule has 1 aliphatic rings. The molecule has 0 atom stereocenters. The van der Waals surface area contributed by atoms with Gasteiger partial charge >= 0.3 is 0 Å². The molecular formula is C23H22N2O2S. The molecule has 1 heterocycles. The summed E-state index contributed by atoms with van der Waals surface area (Å²) in [6, 6.07) is 23.4. The van der Waals surface area contributed by atoms with Crippen molar-refractivity contribution in [3.05, 3.63) is 95.1 Å². The molecule has 2 N–H and O–H groups in total. The predicted octanol–water partition coefficient (Wildman–Crippen LogP) is 4.40. The Balaban J connectivity index is 1.71. The Morgan fingerprint density at radius 3 is 1.43 bits per heavy atom. The zero-order valence-electron chi connectivity index (χ0n) is 15.5. The minimum Gasteiger partial charge on any atom is -0.508 e. The van der Waals surface area contributed by atoms with Crippen molar-refractivity contribution in [3.63, 3.8) is 0 Å². The first-order chi connectivity index (χ1) is 13.6. The Bertz CT molecular complexity index is 898. The molecule has 3 aromatic carbocycles. The number of benzene rings is 3. The summed E-state index contributed by atoms with van der Waals surface area (Å²) in [4.78, 5) is 4.16. The molecule has 4 nitrogen and oxygen atoms in total. The topological polar surface area (TPSA) is 46.9 Å². The first-order valence-corrected chi connectivity index (χ1v) is 9.67. The van der Waals surface area contributed by atoms with E-state index in [4.69, 9.17) is 12.2 Å². The average Bonchev–Trinajstić information content (AvgIpc) is 2.85. The molecule has 0 aliphatic carbocycles. The minimum atomic E-state index is 0.190. The molecule has 0 aromatic heterocycles. The molecule has 28 heavy (non-hydrogen) atoms. The Morgan fingerprint density at radius 1 is 0.643 bits per heavy atom. The van der Waals surface area contributed by atoms with Crippen LogP contribution in [-0.2, 0) is 26.2 Å². The number of hydrogen-bond acceptors (Lipinski definition) is 3. The fourth-order valence-corrected chi connectivity index (χ4v) is 3.85. The Morgan fingerprint density at radius 2 is 1.04 bits per heavy atom. The summed E-state index contributed by atoms with van der Waals surface area (Å²) in [5.74, 6) is 0.380. The highest BCUT2D eigenvalue weighted by atomic mass is 32.1. The fraction of sp³-hybridized carbons (Fsp3) is 0.174. The maximum absolute atomic E-state index is 10.5. The third-order valence-corrected chi connectivity index (χ3v) is 5.57. The average molecular weight is 391 g/mol. The Labute approximate surface area is 170 Å². The summed E-state index contributed by atoms with van der Waals surface area (Å²) in [6.45, 7) is 2.18. The number of rotatable bonds is 4. The van der Waals surface area contributed by atoms with E-state index in [0.29, 0.717) is 31.3 Å².